The normalized spacial score (nSPS) is 10.3. The second-order valence-corrected chi connectivity index (χ2v) is 3.68. The van der Waals surface area contributed by atoms with E-state index in [-0.39, 0.29) is 17.2 Å². The van der Waals surface area contributed by atoms with Crippen molar-refractivity contribution in [3.63, 3.8) is 0 Å². The number of rotatable bonds is 3. The van der Waals surface area contributed by atoms with Gasteiger partial charge in [0.05, 0.1) is 4.92 Å². The molecule has 1 aromatic heterocycles. The topological polar surface area (TPSA) is 78.0 Å². The third-order valence-electron chi connectivity index (χ3n) is 2.56. The molecule has 0 saturated heterocycles. The van der Waals surface area contributed by atoms with Gasteiger partial charge in [-0.2, -0.15) is 0 Å². The van der Waals surface area contributed by atoms with Crippen LogP contribution in [-0.4, -0.2) is 20.4 Å². The molecule has 0 saturated carbocycles. The summed E-state index contributed by atoms with van der Waals surface area (Å²) in [7, 11) is 0. The molecule has 0 bridgehead atoms. The van der Waals surface area contributed by atoms with Crippen molar-refractivity contribution in [2.75, 3.05) is 0 Å². The SMILES string of the molecule is CCc1nccn1C(=O)c1cccc([N+](=O)[O-])c1. The van der Waals surface area contributed by atoms with Crippen molar-refractivity contribution in [3.8, 4) is 0 Å². The van der Waals surface area contributed by atoms with Crippen molar-refractivity contribution < 1.29 is 9.72 Å². The highest BCUT2D eigenvalue weighted by atomic mass is 16.6. The van der Waals surface area contributed by atoms with Gasteiger partial charge in [-0.3, -0.25) is 19.5 Å². The fourth-order valence-corrected chi connectivity index (χ4v) is 1.67. The number of aryl methyl sites for hydroxylation is 1. The molecule has 1 aromatic carbocycles. The Labute approximate surface area is 103 Å². The van der Waals surface area contributed by atoms with E-state index < -0.39 is 4.92 Å². The number of nitro benzene ring substituents is 1. The fraction of sp³-hybridized carbons (Fsp3) is 0.167. The minimum Gasteiger partial charge on any atom is -0.270 e. The Morgan fingerprint density at radius 2 is 2.28 bits per heavy atom. The van der Waals surface area contributed by atoms with Crippen LogP contribution in [0.1, 0.15) is 23.1 Å². The minimum atomic E-state index is -0.522. The van der Waals surface area contributed by atoms with Gasteiger partial charge in [-0.05, 0) is 6.07 Å². The lowest BCUT2D eigenvalue weighted by atomic mass is 10.2. The Morgan fingerprint density at radius 3 is 2.94 bits per heavy atom. The highest BCUT2D eigenvalue weighted by Gasteiger charge is 2.15. The average Bonchev–Trinajstić information content (AvgIpc) is 2.86. The molecule has 92 valence electrons. The number of carbonyl (C=O) groups excluding carboxylic acids is 1. The van der Waals surface area contributed by atoms with Crippen LogP contribution in [0, 0.1) is 10.1 Å². The largest absolute Gasteiger partial charge is 0.270 e. The molecule has 6 heteroatoms. The summed E-state index contributed by atoms with van der Waals surface area (Å²) in [6, 6.07) is 5.66. The molecule has 0 aliphatic carbocycles. The lowest BCUT2D eigenvalue weighted by molar-refractivity contribution is -0.384. The van der Waals surface area contributed by atoms with E-state index in [0.29, 0.717) is 12.2 Å². The van der Waals surface area contributed by atoms with Crippen molar-refractivity contribution in [2.45, 2.75) is 13.3 Å². The van der Waals surface area contributed by atoms with E-state index in [1.807, 2.05) is 6.92 Å². The lowest BCUT2D eigenvalue weighted by Crippen LogP contribution is -2.14. The zero-order valence-electron chi connectivity index (χ0n) is 9.74. The van der Waals surface area contributed by atoms with Gasteiger partial charge in [0.15, 0.2) is 0 Å². The molecule has 18 heavy (non-hydrogen) atoms. The summed E-state index contributed by atoms with van der Waals surface area (Å²) in [6.07, 6.45) is 3.71. The van der Waals surface area contributed by atoms with E-state index in [1.165, 1.54) is 29.0 Å². The molecule has 0 spiro atoms. The quantitative estimate of drug-likeness (QED) is 0.612. The number of nitro groups is 1. The average molecular weight is 245 g/mol. The zero-order valence-corrected chi connectivity index (χ0v) is 9.74. The summed E-state index contributed by atoms with van der Waals surface area (Å²) in [5, 5.41) is 10.7. The van der Waals surface area contributed by atoms with Crippen LogP contribution in [0.25, 0.3) is 0 Å². The smallest absolute Gasteiger partial charge is 0.270 e. The summed E-state index contributed by atoms with van der Waals surface area (Å²) in [5.41, 5.74) is 0.177. The molecule has 1 heterocycles. The molecule has 6 nitrogen and oxygen atoms in total. The standard InChI is InChI=1S/C12H11N3O3/c1-2-11-13-6-7-14(11)12(16)9-4-3-5-10(8-9)15(17)18/h3-8H,2H2,1H3. The number of nitrogens with zero attached hydrogens (tertiary/aromatic N) is 3. The molecule has 0 aliphatic rings. The van der Waals surface area contributed by atoms with Gasteiger partial charge in [-0.15, -0.1) is 0 Å². The monoisotopic (exact) mass is 245 g/mol. The molecule has 0 atom stereocenters. The van der Waals surface area contributed by atoms with Crippen molar-refractivity contribution in [1.29, 1.82) is 0 Å². The number of hydrogen-bond donors (Lipinski definition) is 0. The Hall–Kier alpha value is -2.50. The van der Waals surface area contributed by atoms with Gasteiger partial charge < -0.3 is 0 Å². The van der Waals surface area contributed by atoms with Crippen LogP contribution in [0.15, 0.2) is 36.7 Å². The van der Waals surface area contributed by atoms with Crippen molar-refractivity contribution >= 4 is 11.6 Å². The van der Waals surface area contributed by atoms with Crippen LogP contribution in [0.3, 0.4) is 0 Å². The van der Waals surface area contributed by atoms with Crippen molar-refractivity contribution in [1.82, 2.24) is 9.55 Å². The Bertz CT molecular complexity index is 604. The fourth-order valence-electron chi connectivity index (χ4n) is 1.67. The predicted octanol–water partition coefficient (Wildman–Crippen LogP) is 2.04. The summed E-state index contributed by atoms with van der Waals surface area (Å²) in [5.74, 6) is 0.319. The molecule has 0 N–H and O–H groups in total. The molecule has 0 unspecified atom stereocenters. The maximum Gasteiger partial charge on any atom is 0.270 e. The maximum atomic E-state index is 12.2. The third kappa shape index (κ3) is 2.13. The van der Waals surface area contributed by atoms with E-state index in [4.69, 9.17) is 0 Å². The number of aromatic nitrogens is 2. The van der Waals surface area contributed by atoms with Gasteiger partial charge in [-0.1, -0.05) is 13.0 Å². The van der Waals surface area contributed by atoms with Crippen LogP contribution < -0.4 is 0 Å². The van der Waals surface area contributed by atoms with Gasteiger partial charge in [-0.25, -0.2) is 4.98 Å². The molecule has 0 aliphatic heterocycles. The first-order chi connectivity index (χ1) is 8.63. The first-order valence-electron chi connectivity index (χ1n) is 5.45. The first kappa shape index (κ1) is 12.0. The van der Waals surface area contributed by atoms with Gasteiger partial charge in [0.1, 0.15) is 5.82 Å². The molecular formula is C12H11N3O3. The lowest BCUT2D eigenvalue weighted by Gasteiger charge is -2.04. The van der Waals surface area contributed by atoms with Crippen molar-refractivity contribution in [2.24, 2.45) is 0 Å². The second kappa shape index (κ2) is 4.79. The number of non-ortho nitro benzene ring substituents is 1. The van der Waals surface area contributed by atoms with E-state index >= 15 is 0 Å². The molecule has 2 aromatic rings. The zero-order chi connectivity index (χ0) is 13.1. The Balaban J connectivity index is 2.40. The number of carbonyl (C=O) groups is 1. The van der Waals surface area contributed by atoms with E-state index in [9.17, 15) is 14.9 Å². The van der Waals surface area contributed by atoms with Crippen LogP contribution >= 0.6 is 0 Å². The summed E-state index contributed by atoms with van der Waals surface area (Å²) < 4.78 is 1.40. The Morgan fingerprint density at radius 1 is 1.50 bits per heavy atom. The Kier molecular flexibility index (Phi) is 3.18. The third-order valence-corrected chi connectivity index (χ3v) is 2.56. The highest BCUT2D eigenvalue weighted by Crippen LogP contribution is 2.15. The van der Waals surface area contributed by atoms with E-state index in [2.05, 4.69) is 4.98 Å². The summed E-state index contributed by atoms with van der Waals surface area (Å²) in [6.45, 7) is 1.89. The van der Waals surface area contributed by atoms with Crippen LogP contribution in [0.5, 0.6) is 0 Å². The maximum absolute atomic E-state index is 12.2. The van der Waals surface area contributed by atoms with E-state index in [1.54, 1.807) is 12.3 Å². The number of hydrogen-bond acceptors (Lipinski definition) is 4. The van der Waals surface area contributed by atoms with Crippen molar-refractivity contribution in [3.05, 3.63) is 58.2 Å². The summed E-state index contributed by atoms with van der Waals surface area (Å²) >= 11 is 0. The minimum absolute atomic E-state index is 0.0981. The molecule has 0 radical (unpaired) electrons. The molecule has 0 amide bonds. The van der Waals surface area contributed by atoms with E-state index in [0.717, 1.165) is 0 Å². The van der Waals surface area contributed by atoms with Gasteiger partial charge in [0.25, 0.3) is 11.6 Å². The molecule has 2 rings (SSSR count). The van der Waals surface area contributed by atoms with Gasteiger partial charge in [0.2, 0.25) is 0 Å². The van der Waals surface area contributed by atoms with Crippen LogP contribution in [-0.2, 0) is 6.42 Å². The second-order valence-electron chi connectivity index (χ2n) is 3.68. The molecular weight excluding hydrogens is 234 g/mol. The summed E-state index contributed by atoms with van der Waals surface area (Å²) in [4.78, 5) is 26.3. The number of benzene rings is 1. The van der Waals surface area contributed by atoms with Gasteiger partial charge >= 0.3 is 0 Å². The van der Waals surface area contributed by atoms with Crippen LogP contribution in [0.2, 0.25) is 0 Å². The first-order valence-corrected chi connectivity index (χ1v) is 5.45. The highest BCUT2D eigenvalue weighted by molar-refractivity contribution is 5.96. The molecule has 0 fully saturated rings. The predicted molar refractivity (Wildman–Crippen MR) is 64.4 cm³/mol. The van der Waals surface area contributed by atoms with Crippen LogP contribution in [0.4, 0.5) is 5.69 Å². The number of imidazole rings is 1. The van der Waals surface area contributed by atoms with Gasteiger partial charge in [0, 0.05) is 36.5 Å².